The Morgan fingerprint density at radius 3 is 2.27 bits per heavy atom. The molecule has 0 saturated heterocycles. The minimum absolute atomic E-state index is 0.0242. The van der Waals surface area contributed by atoms with Crippen molar-refractivity contribution in [3.05, 3.63) is 34.9 Å². The second kappa shape index (κ2) is 4.96. The number of carbonyl (C=O) groups is 1. The summed E-state index contributed by atoms with van der Waals surface area (Å²) in [5.74, 6) is 0.0242. The van der Waals surface area contributed by atoms with Crippen LogP contribution in [0.1, 0.15) is 41.8 Å². The normalized spacial score (nSPS) is 12.3. The summed E-state index contributed by atoms with van der Waals surface area (Å²) in [4.78, 5) is 11.8. The second-order valence-corrected chi connectivity index (χ2v) is 4.16. The van der Waals surface area contributed by atoms with Crippen molar-refractivity contribution in [3.63, 3.8) is 0 Å². The molecule has 1 rings (SSSR count). The number of nitrogens with one attached hydrogen (secondary N) is 1. The molecule has 15 heavy (non-hydrogen) atoms. The number of hydrogen-bond donors (Lipinski definition) is 1. The van der Waals surface area contributed by atoms with Crippen LogP contribution < -0.4 is 5.32 Å². The predicted octanol–water partition coefficient (Wildman–Crippen LogP) is 2.83. The third-order valence-electron chi connectivity index (χ3n) is 2.47. The zero-order valence-corrected chi connectivity index (χ0v) is 9.92. The van der Waals surface area contributed by atoms with Crippen LogP contribution in [-0.2, 0) is 0 Å². The third kappa shape index (κ3) is 3.39. The van der Waals surface area contributed by atoms with Gasteiger partial charge in [-0.1, -0.05) is 24.1 Å². The largest absolute Gasteiger partial charge is 0.350 e. The maximum absolute atomic E-state index is 11.8. The van der Waals surface area contributed by atoms with E-state index in [0.29, 0.717) is 0 Å². The molecular formula is C13H19NO. The highest BCUT2D eigenvalue weighted by Gasteiger charge is 2.08. The summed E-state index contributed by atoms with van der Waals surface area (Å²) >= 11 is 0. The van der Waals surface area contributed by atoms with Crippen molar-refractivity contribution in [1.29, 1.82) is 0 Å². The zero-order chi connectivity index (χ0) is 11.4. The standard InChI is InChI=1S/C13H19NO/c1-5-11(4)14-13(15)12-7-9(2)6-10(3)8-12/h6-8,11H,5H2,1-4H3,(H,14,15)/t11-/m0/s1. The molecule has 1 aromatic carbocycles. The number of rotatable bonds is 3. The molecule has 0 aromatic heterocycles. The van der Waals surface area contributed by atoms with Crippen molar-refractivity contribution in [3.8, 4) is 0 Å². The predicted molar refractivity (Wildman–Crippen MR) is 63.1 cm³/mol. The molecule has 0 aliphatic rings. The molecule has 0 spiro atoms. The first kappa shape index (κ1) is 11.8. The maximum atomic E-state index is 11.8. The van der Waals surface area contributed by atoms with Crippen LogP contribution in [0.3, 0.4) is 0 Å². The Morgan fingerprint density at radius 2 is 1.80 bits per heavy atom. The Morgan fingerprint density at radius 1 is 1.27 bits per heavy atom. The molecule has 1 N–H and O–H groups in total. The van der Waals surface area contributed by atoms with E-state index in [0.717, 1.165) is 23.1 Å². The van der Waals surface area contributed by atoms with Gasteiger partial charge in [-0.2, -0.15) is 0 Å². The van der Waals surface area contributed by atoms with E-state index < -0.39 is 0 Å². The maximum Gasteiger partial charge on any atom is 0.251 e. The first-order chi connectivity index (χ1) is 7.02. The van der Waals surface area contributed by atoms with Crippen molar-refractivity contribution in [2.24, 2.45) is 0 Å². The van der Waals surface area contributed by atoms with Crippen LogP contribution >= 0.6 is 0 Å². The molecule has 0 aliphatic carbocycles. The summed E-state index contributed by atoms with van der Waals surface area (Å²) in [6, 6.07) is 6.15. The van der Waals surface area contributed by atoms with E-state index in [-0.39, 0.29) is 11.9 Å². The van der Waals surface area contributed by atoms with E-state index in [1.165, 1.54) is 0 Å². The van der Waals surface area contributed by atoms with E-state index in [2.05, 4.69) is 18.3 Å². The second-order valence-electron chi connectivity index (χ2n) is 4.16. The summed E-state index contributed by atoms with van der Waals surface area (Å²) in [7, 11) is 0. The van der Waals surface area contributed by atoms with Crippen molar-refractivity contribution >= 4 is 5.91 Å². The van der Waals surface area contributed by atoms with E-state index in [4.69, 9.17) is 0 Å². The third-order valence-corrected chi connectivity index (χ3v) is 2.47. The van der Waals surface area contributed by atoms with Gasteiger partial charge in [-0.3, -0.25) is 4.79 Å². The summed E-state index contributed by atoms with van der Waals surface area (Å²) in [6.45, 7) is 8.09. The highest BCUT2D eigenvalue weighted by Crippen LogP contribution is 2.09. The lowest BCUT2D eigenvalue weighted by atomic mass is 10.1. The van der Waals surface area contributed by atoms with Gasteiger partial charge in [0.1, 0.15) is 0 Å². The number of amides is 1. The van der Waals surface area contributed by atoms with Crippen LogP contribution in [0.4, 0.5) is 0 Å². The van der Waals surface area contributed by atoms with Crippen molar-refractivity contribution in [1.82, 2.24) is 5.32 Å². The van der Waals surface area contributed by atoms with Gasteiger partial charge in [0, 0.05) is 11.6 Å². The topological polar surface area (TPSA) is 29.1 Å². The molecular weight excluding hydrogens is 186 g/mol. The van der Waals surface area contributed by atoms with Gasteiger partial charge in [-0.15, -0.1) is 0 Å². The zero-order valence-electron chi connectivity index (χ0n) is 9.92. The number of hydrogen-bond acceptors (Lipinski definition) is 1. The lowest BCUT2D eigenvalue weighted by Gasteiger charge is -2.12. The SMILES string of the molecule is CC[C@H](C)NC(=O)c1cc(C)cc(C)c1. The Balaban J connectivity index is 2.82. The Kier molecular flexibility index (Phi) is 3.89. The molecule has 1 aromatic rings. The fourth-order valence-corrected chi connectivity index (χ4v) is 1.51. The van der Waals surface area contributed by atoms with Crippen molar-refractivity contribution < 1.29 is 4.79 Å². The number of carbonyl (C=O) groups excluding carboxylic acids is 1. The van der Waals surface area contributed by atoms with Crippen LogP contribution in [-0.4, -0.2) is 11.9 Å². The highest BCUT2D eigenvalue weighted by molar-refractivity contribution is 5.94. The monoisotopic (exact) mass is 205 g/mol. The average molecular weight is 205 g/mol. The molecule has 2 nitrogen and oxygen atoms in total. The first-order valence-corrected chi connectivity index (χ1v) is 5.42. The van der Waals surface area contributed by atoms with E-state index >= 15 is 0 Å². The summed E-state index contributed by atoms with van der Waals surface area (Å²) in [5, 5.41) is 2.96. The minimum atomic E-state index is 0.0242. The molecule has 82 valence electrons. The van der Waals surface area contributed by atoms with Gasteiger partial charge in [-0.05, 0) is 39.3 Å². The smallest absolute Gasteiger partial charge is 0.251 e. The Bertz CT molecular complexity index is 337. The van der Waals surface area contributed by atoms with Crippen LogP contribution in [0.5, 0.6) is 0 Å². The highest BCUT2D eigenvalue weighted by atomic mass is 16.1. The van der Waals surface area contributed by atoms with Gasteiger partial charge in [0.05, 0.1) is 0 Å². The number of benzene rings is 1. The fourth-order valence-electron chi connectivity index (χ4n) is 1.51. The summed E-state index contributed by atoms with van der Waals surface area (Å²) in [5.41, 5.74) is 3.02. The molecule has 0 radical (unpaired) electrons. The summed E-state index contributed by atoms with van der Waals surface area (Å²) < 4.78 is 0. The molecule has 2 heteroatoms. The van der Waals surface area contributed by atoms with Crippen LogP contribution in [0.2, 0.25) is 0 Å². The minimum Gasteiger partial charge on any atom is -0.350 e. The van der Waals surface area contributed by atoms with Gasteiger partial charge < -0.3 is 5.32 Å². The molecule has 0 fully saturated rings. The van der Waals surface area contributed by atoms with Gasteiger partial charge in [0.2, 0.25) is 0 Å². The van der Waals surface area contributed by atoms with E-state index in [9.17, 15) is 4.79 Å². The van der Waals surface area contributed by atoms with E-state index in [1.807, 2.05) is 32.9 Å². The average Bonchev–Trinajstić information content (AvgIpc) is 2.16. The molecule has 0 saturated carbocycles. The Hall–Kier alpha value is -1.31. The lowest BCUT2D eigenvalue weighted by molar-refractivity contribution is 0.0939. The van der Waals surface area contributed by atoms with Crippen molar-refractivity contribution in [2.45, 2.75) is 40.2 Å². The van der Waals surface area contributed by atoms with E-state index in [1.54, 1.807) is 0 Å². The molecule has 0 aliphatic heterocycles. The lowest BCUT2D eigenvalue weighted by Crippen LogP contribution is -2.31. The molecule has 0 unspecified atom stereocenters. The van der Waals surface area contributed by atoms with Gasteiger partial charge in [0.25, 0.3) is 5.91 Å². The van der Waals surface area contributed by atoms with Crippen LogP contribution in [0.15, 0.2) is 18.2 Å². The quantitative estimate of drug-likeness (QED) is 0.807. The van der Waals surface area contributed by atoms with Gasteiger partial charge >= 0.3 is 0 Å². The first-order valence-electron chi connectivity index (χ1n) is 5.42. The molecule has 0 heterocycles. The van der Waals surface area contributed by atoms with Gasteiger partial charge in [0.15, 0.2) is 0 Å². The molecule has 1 amide bonds. The van der Waals surface area contributed by atoms with Gasteiger partial charge in [-0.25, -0.2) is 0 Å². The summed E-state index contributed by atoms with van der Waals surface area (Å²) in [6.07, 6.45) is 0.955. The van der Waals surface area contributed by atoms with Crippen LogP contribution in [0, 0.1) is 13.8 Å². The molecule has 1 atom stereocenters. The Labute approximate surface area is 91.7 Å². The van der Waals surface area contributed by atoms with Crippen molar-refractivity contribution in [2.75, 3.05) is 0 Å². The fraction of sp³-hybridized carbons (Fsp3) is 0.462. The number of aryl methyl sites for hydroxylation is 2. The van der Waals surface area contributed by atoms with Crippen LogP contribution in [0.25, 0.3) is 0 Å². The molecule has 0 bridgehead atoms.